The highest BCUT2D eigenvalue weighted by atomic mass is 32.1. The lowest BCUT2D eigenvalue weighted by Gasteiger charge is -2.10. The zero-order chi connectivity index (χ0) is 18.9. The van der Waals surface area contributed by atoms with Crippen LogP contribution >= 0.6 is 11.3 Å². The number of carboxylic acid groups (broad SMARTS) is 1. The molecule has 1 aromatic heterocycles. The Bertz CT molecular complexity index is 857. The number of rotatable bonds is 7. The number of aromatic nitrogens is 1. The van der Waals surface area contributed by atoms with Gasteiger partial charge in [-0.15, -0.1) is 11.3 Å². The molecule has 1 fully saturated rings. The highest BCUT2D eigenvalue weighted by Gasteiger charge is 2.50. The van der Waals surface area contributed by atoms with Crippen molar-refractivity contribution in [2.24, 2.45) is 5.41 Å². The maximum atomic E-state index is 12.5. The summed E-state index contributed by atoms with van der Waals surface area (Å²) >= 11 is 1.27. The molecule has 0 bridgehead atoms. The van der Waals surface area contributed by atoms with Crippen LogP contribution in [-0.2, 0) is 4.79 Å². The number of aryl methyl sites for hydroxylation is 1. The molecule has 8 heteroatoms. The number of amides is 1. The summed E-state index contributed by atoms with van der Waals surface area (Å²) in [5.41, 5.74) is 0.636. The third-order valence-corrected chi connectivity index (χ3v) is 5.73. The molecule has 0 aliphatic heterocycles. The first kappa shape index (κ1) is 18.2. The van der Waals surface area contributed by atoms with Crippen molar-refractivity contribution in [3.63, 3.8) is 0 Å². The van der Waals surface area contributed by atoms with Crippen LogP contribution in [0.2, 0.25) is 0 Å². The molecule has 1 amide bonds. The lowest BCUT2D eigenvalue weighted by Crippen LogP contribution is -2.34. The van der Waals surface area contributed by atoms with Crippen LogP contribution in [0.4, 0.5) is 0 Å². The number of carboxylic acids is 1. The molecule has 1 saturated carbocycles. The number of hydrogen-bond donors (Lipinski definition) is 2. The third-order valence-electron chi connectivity index (χ3n) is 4.53. The molecule has 0 spiro atoms. The van der Waals surface area contributed by atoms with Gasteiger partial charge in [-0.2, -0.15) is 0 Å². The molecule has 138 valence electrons. The minimum absolute atomic E-state index is 0.143. The van der Waals surface area contributed by atoms with Crippen molar-refractivity contribution in [2.45, 2.75) is 19.8 Å². The van der Waals surface area contributed by atoms with Gasteiger partial charge in [0.25, 0.3) is 5.91 Å². The third kappa shape index (κ3) is 3.37. The first-order chi connectivity index (χ1) is 12.4. The predicted octanol–water partition coefficient (Wildman–Crippen LogP) is 2.73. The topological polar surface area (TPSA) is 97.8 Å². The lowest BCUT2D eigenvalue weighted by atomic mass is 10.1. The van der Waals surface area contributed by atoms with E-state index in [1.165, 1.54) is 11.3 Å². The molecule has 0 radical (unpaired) electrons. The summed E-state index contributed by atoms with van der Waals surface area (Å²) in [4.78, 5) is 28.6. The molecule has 26 heavy (non-hydrogen) atoms. The largest absolute Gasteiger partial charge is 0.493 e. The van der Waals surface area contributed by atoms with Crippen LogP contribution in [-0.4, -0.2) is 42.7 Å². The maximum absolute atomic E-state index is 12.5. The molecule has 2 N–H and O–H groups in total. The van der Waals surface area contributed by atoms with E-state index in [2.05, 4.69) is 10.3 Å². The molecule has 1 aliphatic carbocycles. The van der Waals surface area contributed by atoms with Crippen molar-refractivity contribution in [1.29, 1.82) is 0 Å². The molecule has 1 heterocycles. The lowest BCUT2D eigenvalue weighted by molar-refractivity contribution is -0.143. The molecule has 7 nitrogen and oxygen atoms in total. The minimum Gasteiger partial charge on any atom is -0.493 e. The van der Waals surface area contributed by atoms with E-state index in [9.17, 15) is 14.7 Å². The van der Waals surface area contributed by atoms with Crippen LogP contribution in [0.5, 0.6) is 11.5 Å². The number of carbonyl (C=O) groups is 2. The number of hydrogen-bond acceptors (Lipinski definition) is 6. The van der Waals surface area contributed by atoms with E-state index in [4.69, 9.17) is 9.47 Å². The SMILES string of the molecule is COc1ccc(-c2nc(C)c(C(=O)NCC3(C(=O)O)CC3)s2)cc1OC. The molecular formula is C18H20N2O5S. The zero-order valence-corrected chi connectivity index (χ0v) is 15.6. The van der Waals surface area contributed by atoms with Gasteiger partial charge < -0.3 is 19.9 Å². The Kier molecular flexibility index (Phi) is 4.86. The molecular weight excluding hydrogens is 356 g/mol. The van der Waals surface area contributed by atoms with Gasteiger partial charge in [-0.05, 0) is 38.0 Å². The molecule has 0 atom stereocenters. The Morgan fingerprint density at radius 1 is 1.27 bits per heavy atom. The summed E-state index contributed by atoms with van der Waals surface area (Å²) in [6.45, 7) is 1.91. The molecule has 2 aromatic rings. The standard InChI is InChI=1S/C18H20N2O5S/c1-10-14(15(21)19-9-18(6-7-18)17(22)23)26-16(20-10)11-4-5-12(24-2)13(8-11)25-3/h4-5,8H,6-7,9H2,1-3H3,(H,19,21)(H,22,23). The van der Waals surface area contributed by atoms with E-state index in [0.29, 0.717) is 39.9 Å². The maximum Gasteiger partial charge on any atom is 0.311 e. The van der Waals surface area contributed by atoms with Crippen LogP contribution < -0.4 is 14.8 Å². The zero-order valence-electron chi connectivity index (χ0n) is 14.8. The van der Waals surface area contributed by atoms with Gasteiger partial charge in [0.1, 0.15) is 9.88 Å². The fraction of sp³-hybridized carbons (Fsp3) is 0.389. The summed E-state index contributed by atoms with van der Waals surface area (Å²) in [6, 6.07) is 5.45. The fourth-order valence-corrected chi connectivity index (χ4v) is 3.63. The monoisotopic (exact) mass is 376 g/mol. The molecule has 1 aliphatic rings. The second-order valence-electron chi connectivity index (χ2n) is 6.27. The molecule has 0 unspecified atom stereocenters. The van der Waals surface area contributed by atoms with Crippen LogP contribution in [0, 0.1) is 12.3 Å². The average molecular weight is 376 g/mol. The average Bonchev–Trinajstić information content (AvgIpc) is 3.34. The van der Waals surface area contributed by atoms with Crippen molar-refractivity contribution in [3.05, 3.63) is 28.8 Å². The van der Waals surface area contributed by atoms with E-state index >= 15 is 0 Å². The van der Waals surface area contributed by atoms with E-state index < -0.39 is 11.4 Å². The Morgan fingerprint density at radius 3 is 2.54 bits per heavy atom. The Balaban J connectivity index is 1.78. The highest BCUT2D eigenvalue weighted by molar-refractivity contribution is 7.17. The van der Waals surface area contributed by atoms with Gasteiger partial charge in [-0.1, -0.05) is 0 Å². The number of nitrogens with one attached hydrogen (secondary N) is 1. The van der Waals surface area contributed by atoms with Gasteiger partial charge >= 0.3 is 5.97 Å². The van der Waals surface area contributed by atoms with Gasteiger partial charge in [0.05, 0.1) is 25.3 Å². The Labute approximate surface area is 155 Å². The van der Waals surface area contributed by atoms with Crippen LogP contribution in [0.1, 0.15) is 28.2 Å². The van der Waals surface area contributed by atoms with Crippen molar-refractivity contribution in [1.82, 2.24) is 10.3 Å². The van der Waals surface area contributed by atoms with Gasteiger partial charge in [0.2, 0.25) is 0 Å². The number of carbonyl (C=O) groups excluding carboxylic acids is 1. The molecule has 3 rings (SSSR count). The summed E-state index contributed by atoms with van der Waals surface area (Å²) < 4.78 is 10.5. The summed E-state index contributed by atoms with van der Waals surface area (Å²) in [5.74, 6) is 0.0518. The normalized spacial score (nSPS) is 14.6. The predicted molar refractivity (Wildman–Crippen MR) is 97.0 cm³/mol. The first-order valence-corrected chi connectivity index (χ1v) is 8.93. The number of benzene rings is 1. The summed E-state index contributed by atoms with van der Waals surface area (Å²) in [6.07, 6.45) is 1.20. The molecule has 0 saturated heterocycles. The smallest absolute Gasteiger partial charge is 0.311 e. The number of aliphatic carboxylic acids is 1. The van der Waals surface area contributed by atoms with Crippen LogP contribution in [0.3, 0.4) is 0 Å². The van der Waals surface area contributed by atoms with Crippen LogP contribution in [0.15, 0.2) is 18.2 Å². The van der Waals surface area contributed by atoms with E-state index in [1.807, 2.05) is 12.1 Å². The van der Waals surface area contributed by atoms with Crippen LogP contribution in [0.25, 0.3) is 10.6 Å². The summed E-state index contributed by atoms with van der Waals surface area (Å²) in [7, 11) is 3.13. The highest BCUT2D eigenvalue weighted by Crippen LogP contribution is 2.45. The van der Waals surface area contributed by atoms with E-state index in [-0.39, 0.29) is 12.5 Å². The minimum atomic E-state index is -0.857. The van der Waals surface area contributed by atoms with Gasteiger partial charge in [-0.3, -0.25) is 9.59 Å². The quantitative estimate of drug-likeness (QED) is 0.771. The van der Waals surface area contributed by atoms with Crippen molar-refractivity contribution >= 4 is 23.2 Å². The number of nitrogens with zero attached hydrogens (tertiary/aromatic N) is 1. The van der Waals surface area contributed by atoms with Gasteiger partial charge in [0, 0.05) is 12.1 Å². The van der Waals surface area contributed by atoms with Crippen molar-refractivity contribution < 1.29 is 24.2 Å². The Morgan fingerprint density at radius 2 is 1.96 bits per heavy atom. The summed E-state index contributed by atoms with van der Waals surface area (Å²) in [5, 5.41) is 12.6. The number of ether oxygens (including phenoxy) is 2. The number of thiazole rings is 1. The molecule has 1 aromatic carbocycles. The Hall–Kier alpha value is -2.61. The van der Waals surface area contributed by atoms with E-state index in [0.717, 1.165) is 5.56 Å². The van der Waals surface area contributed by atoms with E-state index in [1.54, 1.807) is 27.2 Å². The van der Waals surface area contributed by atoms with Crippen molar-refractivity contribution in [3.8, 4) is 22.1 Å². The number of methoxy groups -OCH3 is 2. The van der Waals surface area contributed by atoms with Gasteiger partial charge in [0.15, 0.2) is 11.5 Å². The van der Waals surface area contributed by atoms with Gasteiger partial charge in [-0.25, -0.2) is 4.98 Å². The van der Waals surface area contributed by atoms with Crippen molar-refractivity contribution in [2.75, 3.05) is 20.8 Å². The first-order valence-electron chi connectivity index (χ1n) is 8.11. The second kappa shape index (κ2) is 6.95. The fourth-order valence-electron chi connectivity index (χ4n) is 2.65. The second-order valence-corrected chi connectivity index (χ2v) is 7.27.